The van der Waals surface area contributed by atoms with Crippen LogP contribution in [0.15, 0.2) is 48.5 Å². The Kier molecular flexibility index (Phi) is 11.9. The lowest BCUT2D eigenvalue weighted by Gasteiger charge is -2.42. The number of nitrogens with zero attached hydrogens (tertiary/aromatic N) is 3. The van der Waals surface area contributed by atoms with Crippen molar-refractivity contribution < 1.29 is 37.8 Å². The van der Waals surface area contributed by atoms with Crippen LogP contribution in [0.1, 0.15) is 71.6 Å². The van der Waals surface area contributed by atoms with Crippen LogP contribution in [0.2, 0.25) is 0 Å². The zero-order valence-corrected chi connectivity index (χ0v) is 29.3. The Morgan fingerprint density at radius 1 is 0.980 bits per heavy atom. The number of hydrogen-bond acceptors (Lipinski definition) is 7. The summed E-state index contributed by atoms with van der Waals surface area (Å²) in [6.45, 7) is 10.1. The van der Waals surface area contributed by atoms with Crippen molar-refractivity contribution in [1.29, 1.82) is 0 Å². The Bertz CT molecular complexity index is 1530. The van der Waals surface area contributed by atoms with Crippen molar-refractivity contribution >= 4 is 29.9 Å². The van der Waals surface area contributed by atoms with Crippen molar-refractivity contribution in [2.45, 2.75) is 90.6 Å². The van der Waals surface area contributed by atoms with Crippen molar-refractivity contribution in [3.8, 4) is 5.75 Å². The van der Waals surface area contributed by atoms with Gasteiger partial charge in [-0.1, -0.05) is 38.1 Å². The number of ether oxygens (including phenoxy) is 2. The van der Waals surface area contributed by atoms with Gasteiger partial charge in [0.25, 0.3) is 0 Å². The summed E-state index contributed by atoms with van der Waals surface area (Å²) in [6, 6.07) is 9.52. The van der Waals surface area contributed by atoms with E-state index in [1.165, 1.54) is 48.0 Å². The molecule has 1 fully saturated rings. The summed E-state index contributed by atoms with van der Waals surface area (Å²) in [4.78, 5) is 71.4. The van der Waals surface area contributed by atoms with Crippen molar-refractivity contribution in [3.05, 3.63) is 65.5 Å². The number of hydrogen-bond donors (Lipinski definition) is 2. The minimum Gasteiger partial charge on any atom is -0.444 e. The SMILES string of the molecule is CC(C)[C@H](NC(=O)[C@H](C)N(C)C(=O)OC(C)(C)C)C(=O)N1CCN(C(=O)Oc2ccc(F)cc2)C[C@H]1C(=O)N[C@@H]1CCCc2ccccc21. The van der Waals surface area contributed by atoms with Crippen LogP contribution < -0.4 is 15.4 Å². The number of amides is 5. The van der Waals surface area contributed by atoms with Gasteiger partial charge in [-0.2, -0.15) is 0 Å². The molecule has 2 aromatic carbocycles. The van der Waals surface area contributed by atoms with Crippen LogP contribution in [0, 0.1) is 11.7 Å². The topological polar surface area (TPSA) is 138 Å². The lowest BCUT2D eigenvalue weighted by atomic mass is 9.87. The first-order chi connectivity index (χ1) is 23.1. The maximum absolute atomic E-state index is 14.2. The Morgan fingerprint density at radius 3 is 2.31 bits per heavy atom. The van der Waals surface area contributed by atoms with E-state index in [1.807, 2.05) is 24.3 Å². The molecule has 4 atom stereocenters. The van der Waals surface area contributed by atoms with E-state index < -0.39 is 59.5 Å². The third-order valence-electron chi connectivity index (χ3n) is 8.80. The largest absolute Gasteiger partial charge is 0.444 e. The summed E-state index contributed by atoms with van der Waals surface area (Å²) in [5.74, 6) is -2.23. The van der Waals surface area contributed by atoms with Crippen LogP contribution in [-0.4, -0.2) is 95.0 Å². The lowest BCUT2D eigenvalue weighted by molar-refractivity contribution is -0.147. The molecule has 266 valence electrons. The van der Waals surface area contributed by atoms with E-state index in [2.05, 4.69) is 10.6 Å². The third-order valence-corrected chi connectivity index (χ3v) is 8.80. The molecule has 2 N–H and O–H groups in total. The Labute approximate surface area is 287 Å². The highest BCUT2D eigenvalue weighted by Crippen LogP contribution is 2.30. The van der Waals surface area contributed by atoms with Crippen LogP contribution in [0.4, 0.5) is 14.0 Å². The van der Waals surface area contributed by atoms with Gasteiger partial charge in [-0.15, -0.1) is 0 Å². The smallest absolute Gasteiger partial charge is 0.415 e. The van der Waals surface area contributed by atoms with E-state index in [9.17, 15) is 28.4 Å². The Hall–Kier alpha value is -4.68. The summed E-state index contributed by atoms with van der Waals surface area (Å²) >= 11 is 0. The number of fused-ring (bicyclic) bond motifs is 1. The molecule has 0 radical (unpaired) electrons. The van der Waals surface area contributed by atoms with Crippen LogP contribution >= 0.6 is 0 Å². The zero-order valence-electron chi connectivity index (χ0n) is 29.3. The molecular formula is C36H48FN5O7. The maximum Gasteiger partial charge on any atom is 0.415 e. The summed E-state index contributed by atoms with van der Waals surface area (Å²) in [6.07, 6.45) is 1.06. The minimum atomic E-state index is -1.10. The molecule has 0 unspecified atom stereocenters. The van der Waals surface area contributed by atoms with Crippen LogP contribution in [-0.2, 0) is 25.5 Å². The van der Waals surface area contributed by atoms with Crippen molar-refractivity contribution in [1.82, 2.24) is 25.3 Å². The van der Waals surface area contributed by atoms with Gasteiger partial charge in [0.1, 0.15) is 35.3 Å². The van der Waals surface area contributed by atoms with E-state index in [4.69, 9.17) is 9.47 Å². The van der Waals surface area contributed by atoms with Crippen LogP contribution in [0.5, 0.6) is 5.75 Å². The van der Waals surface area contributed by atoms with Gasteiger partial charge in [0.15, 0.2) is 0 Å². The first kappa shape index (κ1) is 37.1. The second kappa shape index (κ2) is 15.7. The number of halogens is 1. The fourth-order valence-electron chi connectivity index (χ4n) is 5.91. The van der Waals surface area contributed by atoms with E-state index in [0.717, 1.165) is 28.9 Å². The average Bonchev–Trinajstić information content (AvgIpc) is 3.06. The predicted molar refractivity (Wildman–Crippen MR) is 180 cm³/mol. The minimum absolute atomic E-state index is 0.0108. The molecule has 1 aliphatic carbocycles. The highest BCUT2D eigenvalue weighted by molar-refractivity contribution is 5.94. The quantitative estimate of drug-likeness (QED) is 0.421. The van der Waals surface area contributed by atoms with Gasteiger partial charge in [0.05, 0.1) is 12.6 Å². The summed E-state index contributed by atoms with van der Waals surface area (Å²) < 4.78 is 24.3. The normalized spacial score (nSPS) is 18.9. The highest BCUT2D eigenvalue weighted by atomic mass is 19.1. The Morgan fingerprint density at radius 2 is 1.65 bits per heavy atom. The number of aryl methyl sites for hydroxylation is 1. The molecule has 0 spiro atoms. The maximum atomic E-state index is 14.2. The molecule has 1 aliphatic heterocycles. The third kappa shape index (κ3) is 9.48. The standard InChI is InChI=1S/C36H48FN5O7/c1-22(2)30(39-31(43)23(3)40(7)34(46)49-36(4,5)6)33(45)42-20-19-41(35(47)48-26-17-15-25(37)16-18-26)21-29(42)32(44)38-28-14-10-12-24-11-8-9-13-27(24)28/h8-9,11,13,15-18,22-23,28-30H,10,12,14,19-21H2,1-7H3,(H,38,44)(H,39,43)/t23-,28+,29-,30-/m0/s1. The molecule has 0 saturated carbocycles. The van der Waals surface area contributed by atoms with Gasteiger partial charge in [-0.05, 0) is 88.3 Å². The van der Waals surface area contributed by atoms with Gasteiger partial charge >= 0.3 is 12.2 Å². The average molecular weight is 682 g/mol. The number of carbonyl (C=O) groups excluding carboxylic acids is 5. The van der Waals surface area contributed by atoms with Gasteiger partial charge in [0, 0.05) is 20.1 Å². The predicted octanol–water partition coefficient (Wildman–Crippen LogP) is 4.43. The number of benzene rings is 2. The van der Waals surface area contributed by atoms with Crippen molar-refractivity contribution in [3.63, 3.8) is 0 Å². The van der Waals surface area contributed by atoms with Gasteiger partial charge in [-0.3, -0.25) is 19.3 Å². The molecule has 1 saturated heterocycles. The summed E-state index contributed by atoms with van der Waals surface area (Å²) in [5, 5.41) is 5.91. The van der Waals surface area contributed by atoms with E-state index in [-0.39, 0.29) is 37.3 Å². The van der Waals surface area contributed by atoms with Crippen molar-refractivity contribution in [2.24, 2.45) is 5.92 Å². The van der Waals surface area contributed by atoms with E-state index in [1.54, 1.807) is 34.6 Å². The molecule has 49 heavy (non-hydrogen) atoms. The van der Waals surface area contributed by atoms with Gasteiger partial charge < -0.3 is 29.9 Å². The fraction of sp³-hybridized carbons (Fsp3) is 0.528. The molecule has 12 nitrogen and oxygen atoms in total. The molecule has 4 rings (SSSR count). The Balaban J connectivity index is 1.55. The molecule has 2 aromatic rings. The number of nitrogens with one attached hydrogen (secondary N) is 2. The van der Waals surface area contributed by atoms with Crippen molar-refractivity contribution in [2.75, 3.05) is 26.7 Å². The molecule has 2 aliphatic rings. The van der Waals surface area contributed by atoms with E-state index in [0.29, 0.717) is 6.42 Å². The number of piperazine rings is 1. The molecule has 13 heteroatoms. The fourth-order valence-corrected chi connectivity index (χ4v) is 5.91. The second-order valence-electron chi connectivity index (χ2n) is 14.0. The number of likely N-dealkylation sites (N-methyl/N-ethyl adjacent to an activating group) is 1. The van der Waals surface area contributed by atoms with Crippen LogP contribution in [0.25, 0.3) is 0 Å². The van der Waals surface area contributed by atoms with Crippen LogP contribution in [0.3, 0.4) is 0 Å². The first-order valence-electron chi connectivity index (χ1n) is 16.7. The highest BCUT2D eigenvalue weighted by Gasteiger charge is 2.42. The summed E-state index contributed by atoms with van der Waals surface area (Å²) in [7, 11) is 1.44. The molecule has 1 heterocycles. The molecule has 0 aromatic heterocycles. The lowest BCUT2D eigenvalue weighted by Crippen LogP contribution is -2.65. The number of rotatable bonds is 8. The zero-order chi connectivity index (χ0) is 36.0. The van der Waals surface area contributed by atoms with Gasteiger partial charge in [0.2, 0.25) is 17.7 Å². The monoisotopic (exact) mass is 681 g/mol. The number of carbonyl (C=O) groups is 5. The first-order valence-corrected chi connectivity index (χ1v) is 16.7. The van der Waals surface area contributed by atoms with E-state index >= 15 is 0 Å². The second-order valence-corrected chi connectivity index (χ2v) is 14.0. The molecular weight excluding hydrogens is 633 g/mol. The molecule has 0 bridgehead atoms. The summed E-state index contributed by atoms with van der Waals surface area (Å²) in [5.41, 5.74) is 1.40. The molecule has 5 amide bonds. The van der Waals surface area contributed by atoms with Gasteiger partial charge in [-0.25, -0.2) is 14.0 Å².